The first kappa shape index (κ1) is 20.2. The summed E-state index contributed by atoms with van der Waals surface area (Å²) in [5.41, 5.74) is 2.46. The molecular formula is C21H20N4O6. The normalized spacial score (nSPS) is 10.8. The minimum absolute atomic E-state index is 0.136. The van der Waals surface area contributed by atoms with Crippen molar-refractivity contribution in [1.82, 2.24) is 19.6 Å². The molecule has 0 aliphatic heterocycles. The van der Waals surface area contributed by atoms with Crippen LogP contribution < -0.4 is 14.2 Å². The number of hydrogen-bond acceptors (Lipinski definition) is 9. The minimum atomic E-state index is -0.589. The summed E-state index contributed by atoms with van der Waals surface area (Å²) in [4.78, 5) is 16.6. The number of carbonyl (C=O) groups excluding carboxylic acids is 1. The number of aryl methyl sites for hydroxylation is 1. The summed E-state index contributed by atoms with van der Waals surface area (Å²) in [6.45, 7) is 1.76. The molecule has 4 rings (SSSR count). The zero-order chi connectivity index (χ0) is 22.0. The Morgan fingerprint density at radius 1 is 1.06 bits per heavy atom. The maximum Gasteiger partial charge on any atom is 0.359 e. The summed E-state index contributed by atoms with van der Waals surface area (Å²) >= 11 is 0. The van der Waals surface area contributed by atoms with Gasteiger partial charge in [0.2, 0.25) is 11.6 Å². The van der Waals surface area contributed by atoms with Crippen LogP contribution in [0.25, 0.3) is 17.1 Å². The van der Waals surface area contributed by atoms with Crippen LogP contribution in [0.1, 0.15) is 21.9 Å². The van der Waals surface area contributed by atoms with E-state index < -0.39 is 5.97 Å². The van der Waals surface area contributed by atoms with Crippen molar-refractivity contribution in [2.75, 3.05) is 21.3 Å². The van der Waals surface area contributed by atoms with Crippen molar-refractivity contribution in [2.24, 2.45) is 0 Å². The van der Waals surface area contributed by atoms with E-state index in [0.29, 0.717) is 28.5 Å². The summed E-state index contributed by atoms with van der Waals surface area (Å²) in [5.74, 6) is 1.11. The first-order chi connectivity index (χ1) is 15.0. The van der Waals surface area contributed by atoms with Crippen molar-refractivity contribution >= 4 is 11.6 Å². The SMILES string of the molecule is COc1cc(-c2nnc(COC(=O)c3cn4ccc(C)cc4n3)o2)cc(OC)c1OC. The molecule has 0 aliphatic carbocycles. The number of fused-ring (bicyclic) bond motifs is 1. The molecule has 10 nitrogen and oxygen atoms in total. The molecule has 3 heterocycles. The summed E-state index contributed by atoms with van der Waals surface area (Å²) in [6.07, 6.45) is 3.43. The topological polar surface area (TPSA) is 110 Å². The van der Waals surface area contributed by atoms with Crippen LogP contribution in [0.15, 0.2) is 41.1 Å². The Balaban J connectivity index is 1.49. The fraction of sp³-hybridized carbons (Fsp3) is 0.238. The van der Waals surface area contributed by atoms with Gasteiger partial charge in [-0.1, -0.05) is 0 Å². The van der Waals surface area contributed by atoms with E-state index >= 15 is 0 Å². The van der Waals surface area contributed by atoms with Crippen LogP contribution in [0.3, 0.4) is 0 Å². The average Bonchev–Trinajstić information content (AvgIpc) is 3.43. The number of esters is 1. The lowest BCUT2D eigenvalue weighted by atomic mass is 10.2. The molecule has 0 radical (unpaired) electrons. The number of nitrogens with zero attached hydrogens (tertiary/aromatic N) is 4. The monoisotopic (exact) mass is 424 g/mol. The maximum absolute atomic E-state index is 12.4. The molecule has 0 amide bonds. The van der Waals surface area contributed by atoms with Crippen molar-refractivity contribution in [2.45, 2.75) is 13.5 Å². The Bertz CT molecular complexity index is 1220. The number of imidazole rings is 1. The Kier molecular flexibility index (Phi) is 5.44. The van der Waals surface area contributed by atoms with E-state index in [4.69, 9.17) is 23.4 Å². The lowest BCUT2D eigenvalue weighted by Crippen LogP contribution is -2.05. The average molecular weight is 424 g/mol. The van der Waals surface area contributed by atoms with Crippen LogP contribution in [0.4, 0.5) is 0 Å². The van der Waals surface area contributed by atoms with E-state index in [9.17, 15) is 4.79 Å². The number of ether oxygens (including phenoxy) is 4. The summed E-state index contributed by atoms with van der Waals surface area (Å²) < 4.78 is 28.6. The molecule has 31 heavy (non-hydrogen) atoms. The fourth-order valence-electron chi connectivity index (χ4n) is 3.02. The molecule has 0 saturated carbocycles. The van der Waals surface area contributed by atoms with Crippen molar-refractivity contribution in [3.8, 4) is 28.7 Å². The van der Waals surface area contributed by atoms with Gasteiger partial charge in [0.1, 0.15) is 5.65 Å². The lowest BCUT2D eigenvalue weighted by Gasteiger charge is -2.12. The van der Waals surface area contributed by atoms with Gasteiger partial charge >= 0.3 is 5.97 Å². The molecular weight excluding hydrogens is 404 g/mol. The third kappa shape index (κ3) is 4.00. The second-order valence-electron chi connectivity index (χ2n) is 6.59. The lowest BCUT2D eigenvalue weighted by molar-refractivity contribution is 0.0432. The van der Waals surface area contributed by atoms with E-state index in [1.165, 1.54) is 21.3 Å². The summed E-state index contributed by atoms with van der Waals surface area (Å²) in [6, 6.07) is 7.16. The Morgan fingerprint density at radius 2 is 1.81 bits per heavy atom. The largest absolute Gasteiger partial charge is 0.493 e. The number of aromatic nitrogens is 4. The second kappa shape index (κ2) is 8.34. The Labute approximate surface area is 177 Å². The molecule has 0 spiro atoms. The van der Waals surface area contributed by atoms with Crippen LogP contribution in [0, 0.1) is 6.92 Å². The fourth-order valence-corrected chi connectivity index (χ4v) is 3.02. The first-order valence-electron chi connectivity index (χ1n) is 9.27. The zero-order valence-electron chi connectivity index (χ0n) is 17.4. The van der Waals surface area contributed by atoms with Crippen molar-refractivity contribution < 1.29 is 28.2 Å². The van der Waals surface area contributed by atoms with Crippen LogP contribution in [-0.2, 0) is 11.3 Å². The number of carbonyl (C=O) groups is 1. The molecule has 1 aromatic carbocycles. The number of rotatable bonds is 7. The van der Waals surface area contributed by atoms with Crippen molar-refractivity contribution in [1.29, 1.82) is 0 Å². The van der Waals surface area contributed by atoms with Crippen LogP contribution >= 0.6 is 0 Å². The van der Waals surface area contributed by atoms with E-state index in [2.05, 4.69) is 15.2 Å². The molecule has 0 unspecified atom stereocenters. The highest BCUT2D eigenvalue weighted by atomic mass is 16.5. The Morgan fingerprint density at radius 3 is 2.48 bits per heavy atom. The summed E-state index contributed by atoms with van der Waals surface area (Å²) in [7, 11) is 4.55. The van der Waals surface area contributed by atoms with Crippen LogP contribution in [0.5, 0.6) is 17.2 Å². The molecule has 0 atom stereocenters. The smallest absolute Gasteiger partial charge is 0.359 e. The number of hydrogen-bond donors (Lipinski definition) is 0. The molecule has 0 N–H and O–H groups in total. The van der Waals surface area contributed by atoms with E-state index in [-0.39, 0.29) is 24.1 Å². The predicted octanol–water partition coefficient (Wildman–Crippen LogP) is 3.08. The van der Waals surface area contributed by atoms with Gasteiger partial charge in [-0.15, -0.1) is 10.2 Å². The van der Waals surface area contributed by atoms with Gasteiger partial charge in [0.25, 0.3) is 5.89 Å². The van der Waals surface area contributed by atoms with E-state index in [1.807, 2.05) is 25.3 Å². The molecule has 0 fully saturated rings. The Hall–Kier alpha value is -4.08. The van der Waals surface area contributed by atoms with Crippen molar-refractivity contribution in [3.63, 3.8) is 0 Å². The number of benzene rings is 1. The second-order valence-corrected chi connectivity index (χ2v) is 6.59. The third-order valence-electron chi connectivity index (χ3n) is 4.53. The van der Waals surface area contributed by atoms with E-state index in [1.54, 1.807) is 22.7 Å². The minimum Gasteiger partial charge on any atom is -0.493 e. The molecule has 0 aliphatic rings. The zero-order valence-corrected chi connectivity index (χ0v) is 17.4. The van der Waals surface area contributed by atoms with Gasteiger partial charge < -0.3 is 27.8 Å². The van der Waals surface area contributed by atoms with Gasteiger partial charge in [-0.3, -0.25) is 0 Å². The number of methoxy groups -OCH3 is 3. The molecule has 10 heteroatoms. The highest BCUT2D eigenvalue weighted by Crippen LogP contribution is 2.40. The van der Waals surface area contributed by atoms with E-state index in [0.717, 1.165) is 5.56 Å². The number of pyridine rings is 1. The van der Waals surface area contributed by atoms with Gasteiger partial charge in [-0.25, -0.2) is 9.78 Å². The highest BCUT2D eigenvalue weighted by Gasteiger charge is 2.19. The molecule has 3 aromatic heterocycles. The molecule has 4 aromatic rings. The highest BCUT2D eigenvalue weighted by molar-refractivity contribution is 5.87. The third-order valence-corrected chi connectivity index (χ3v) is 4.53. The van der Waals surface area contributed by atoms with Gasteiger partial charge in [0.15, 0.2) is 23.8 Å². The summed E-state index contributed by atoms with van der Waals surface area (Å²) in [5, 5.41) is 7.94. The quantitative estimate of drug-likeness (QED) is 0.413. The molecule has 160 valence electrons. The van der Waals surface area contributed by atoms with Gasteiger partial charge in [-0.05, 0) is 36.8 Å². The van der Waals surface area contributed by atoms with Crippen molar-refractivity contribution in [3.05, 3.63) is 53.8 Å². The molecule has 0 bridgehead atoms. The van der Waals surface area contributed by atoms with Crippen LogP contribution in [0.2, 0.25) is 0 Å². The maximum atomic E-state index is 12.4. The molecule has 0 saturated heterocycles. The standard InChI is InChI=1S/C21H20N4O6/c1-12-5-6-25-10-14(22-17(25)7-12)21(26)30-11-18-23-24-20(31-18)13-8-15(27-2)19(29-4)16(9-13)28-3/h5-10H,11H2,1-4H3. The van der Waals surface area contributed by atoms with Gasteiger partial charge in [0, 0.05) is 18.0 Å². The first-order valence-corrected chi connectivity index (χ1v) is 9.27. The van der Waals surface area contributed by atoms with Gasteiger partial charge in [0.05, 0.1) is 21.3 Å². The van der Waals surface area contributed by atoms with Crippen LogP contribution in [-0.4, -0.2) is 46.9 Å². The predicted molar refractivity (Wildman–Crippen MR) is 108 cm³/mol. The van der Waals surface area contributed by atoms with Gasteiger partial charge in [-0.2, -0.15) is 0 Å².